The number of pyridine rings is 1. The number of aliphatic carboxylic acids is 1. The third-order valence-electron chi connectivity index (χ3n) is 3.38. The van der Waals surface area contributed by atoms with Crippen LogP contribution in [0.15, 0.2) is 41.7 Å². The largest absolute Gasteiger partial charge is 0.477 e. The smallest absolute Gasteiger partial charge is 0.352 e. The van der Waals surface area contributed by atoms with E-state index in [-0.39, 0.29) is 17.0 Å². The molecular formula is C14H13N3O3S. The summed E-state index contributed by atoms with van der Waals surface area (Å²) in [6.45, 7) is 0. The second kappa shape index (κ2) is 5.34. The third-order valence-corrected chi connectivity index (χ3v) is 4.71. The Morgan fingerprint density at radius 3 is 2.95 bits per heavy atom. The van der Waals surface area contributed by atoms with Crippen LogP contribution in [0, 0.1) is 0 Å². The number of rotatable bonds is 3. The average molecular weight is 303 g/mol. The summed E-state index contributed by atoms with van der Waals surface area (Å²) in [5.41, 5.74) is 7.04. The quantitative estimate of drug-likeness (QED) is 0.797. The highest BCUT2D eigenvalue weighted by Crippen LogP contribution is 2.39. The van der Waals surface area contributed by atoms with E-state index in [0.29, 0.717) is 11.3 Å². The van der Waals surface area contributed by atoms with Gasteiger partial charge in [-0.2, -0.15) is 0 Å². The molecule has 3 heterocycles. The summed E-state index contributed by atoms with van der Waals surface area (Å²) in [5, 5.41) is 9.11. The topological polar surface area (TPSA) is 96.5 Å². The number of thioether (sulfide) groups is 1. The van der Waals surface area contributed by atoms with E-state index in [2.05, 4.69) is 4.98 Å². The van der Waals surface area contributed by atoms with Crippen molar-refractivity contribution in [2.24, 2.45) is 5.73 Å². The molecule has 21 heavy (non-hydrogen) atoms. The summed E-state index contributed by atoms with van der Waals surface area (Å²) >= 11 is 1.48. The van der Waals surface area contributed by atoms with Gasteiger partial charge in [0.2, 0.25) is 5.91 Å². The van der Waals surface area contributed by atoms with Gasteiger partial charge in [-0.3, -0.25) is 14.7 Å². The molecule has 1 aromatic heterocycles. The summed E-state index contributed by atoms with van der Waals surface area (Å²) in [7, 11) is 0. The molecule has 1 aromatic rings. The molecule has 6 nitrogen and oxygen atoms in total. The fourth-order valence-electron chi connectivity index (χ4n) is 2.33. The lowest BCUT2D eigenvalue weighted by Crippen LogP contribution is -2.68. The zero-order chi connectivity index (χ0) is 15.0. The Morgan fingerprint density at radius 1 is 1.48 bits per heavy atom. The van der Waals surface area contributed by atoms with Crippen LogP contribution >= 0.6 is 11.8 Å². The van der Waals surface area contributed by atoms with Gasteiger partial charge in [0.15, 0.2) is 0 Å². The molecule has 0 saturated carbocycles. The predicted molar refractivity (Wildman–Crippen MR) is 79.0 cm³/mol. The fourth-order valence-corrected chi connectivity index (χ4v) is 3.59. The zero-order valence-corrected chi connectivity index (χ0v) is 11.8. The molecule has 108 valence electrons. The van der Waals surface area contributed by atoms with Crippen LogP contribution in [0.1, 0.15) is 5.69 Å². The van der Waals surface area contributed by atoms with Crippen LogP contribution in [-0.2, 0) is 9.59 Å². The average Bonchev–Trinajstić information content (AvgIpc) is 2.52. The summed E-state index contributed by atoms with van der Waals surface area (Å²) in [4.78, 5) is 28.7. The second-order valence-electron chi connectivity index (χ2n) is 4.70. The van der Waals surface area contributed by atoms with Crippen molar-refractivity contribution in [1.29, 1.82) is 0 Å². The number of carboxylic acids is 1. The number of aromatic nitrogens is 1. The van der Waals surface area contributed by atoms with Crippen molar-refractivity contribution in [3.05, 3.63) is 47.4 Å². The normalized spacial score (nSPS) is 25.0. The molecule has 1 amide bonds. The molecule has 0 aromatic carbocycles. The first kappa shape index (κ1) is 13.8. The number of β-lactam (4-membered cyclic amide) rings is 1. The van der Waals surface area contributed by atoms with Crippen molar-refractivity contribution in [3.8, 4) is 0 Å². The van der Waals surface area contributed by atoms with E-state index >= 15 is 0 Å². The summed E-state index contributed by atoms with van der Waals surface area (Å²) < 4.78 is 0. The van der Waals surface area contributed by atoms with E-state index < -0.39 is 12.0 Å². The van der Waals surface area contributed by atoms with Gasteiger partial charge in [0.05, 0.1) is 5.69 Å². The lowest BCUT2D eigenvalue weighted by atomic mass is 10.0. The molecule has 1 unspecified atom stereocenters. The summed E-state index contributed by atoms with van der Waals surface area (Å²) in [6, 6.07) is 4.87. The van der Waals surface area contributed by atoms with Crippen LogP contribution in [0.25, 0.3) is 6.08 Å². The number of nitrogens with zero attached hydrogens (tertiary/aromatic N) is 2. The van der Waals surface area contributed by atoms with Gasteiger partial charge in [-0.05, 0) is 23.8 Å². The predicted octanol–water partition coefficient (Wildman–Crippen LogP) is 0.676. The first-order chi connectivity index (χ1) is 10.1. The SMILES string of the molecule is NC1C(=O)N2C(C(=O)O)=C(C=Cc3ccccn3)CS[C@@H]12. The van der Waals surface area contributed by atoms with Crippen molar-refractivity contribution in [2.75, 3.05) is 5.75 Å². The Morgan fingerprint density at radius 2 is 2.29 bits per heavy atom. The Hall–Kier alpha value is -2.12. The van der Waals surface area contributed by atoms with Crippen LogP contribution in [0.5, 0.6) is 0 Å². The van der Waals surface area contributed by atoms with E-state index in [1.807, 2.05) is 12.1 Å². The van der Waals surface area contributed by atoms with Crippen LogP contribution in [0.3, 0.4) is 0 Å². The molecule has 0 spiro atoms. The number of nitrogens with two attached hydrogens (primary N) is 1. The Kier molecular flexibility index (Phi) is 3.52. The van der Waals surface area contributed by atoms with Crippen molar-refractivity contribution >= 4 is 29.7 Å². The van der Waals surface area contributed by atoms with E-state index in [1.54, 1.807) is 24.4 Å². The van der Waals surface area contributed by atoms with Gasteiger partial charge in [0.1, 0.15) is 17.1 Å². The van der Waals surface area contributed by atoms with Gasteiger partial charge < -0.3 is 10.8 Å². The number of carbonyl (C=O) groups is 2. The van der Waals surface area contributed by atoms with Crippen LogP contribution in [-0.4, -0.2) is 44.0 Å². The number of hydrogen-bond donors (Lipinski definition) is 2. The highest BCUT2D eigenvalue weighted by Gasteiger charge is 2.51. The highest BCUT2D eigenvalue weighted by molar-refractivity contribution is 8.00. The molecule has 0 bridgehead atoms. The van der Waals surface area contributed by atoms with Crippen LogP contribution < -0.4 is 5.73 Å². The summed E-state index contributed by atoms with van der Waals surface area (Å²) in [5.74, 6) is -0.942. The molecule has 2 aliphatic rings. The molecule has 3 rings (SSSR count). The molecule has 1 fully saturated rings. The molecular weight excluding hydrogens is 290 g/mol. The molecule has 0 aliphatic carbocycles. The van der Waals surface area contributed by atoms with Gasteiger partial charge in [-0.15, -0.1) is 11.8 Å². The van der Waals surface area contributed by atoms with E-state index in [4.69, 9.17) is 5.73 Å². The maximum Gasteiger partial charge on any atom is 0.352 e. The standard InChI is InChI=1S/C14H13N3O3S/c15-10-12(18)17-11(14(19)20)8(7-21-13(10)17)4-5-9-3-1-2-6-16-9/h1-6,10,13H,7,15H2,(H,19,20)/t10?,13-/m0/s1. The minimum atomic E-state index is -1.11. The molecule has 2 atom stereocenters. The number of allylic oxidation sites excluding steroid dienone is 1. The lowest BCUT2D eigenvalue weighted by Gasteiger charge is -2.47. The molecule has 7 heteroatoms. The molecule has 0 radical (unpaired) electrons. The van der Waals surface area contributed by atoms with E-state index in [9.17, 15) is 14.7 Å². The maximum absolute atomic E-state index is 11.8. The number of fused-ring (bicyclic) bond motifs is 1. The van der Waals surface area contributed by atoms with E-state index in [0.717, 1.165) is 5.69 Å². The highest BCUT2D eigenvalue weighted by atomic mass is 32.2. The number of hydrogen-bond acceptors (Lipinski definition) is 5. The van der Waals surface area contributed by atoms with Gasteiger partial charge in [0.25, 0.3) is 0 Å². The Bertz CT molecular complexity index is 657. The van der Waals surface area contributed by atoms with Gasteiger partial charge in [-0.25, -0.2) is 4.79 Å². The number of carbonyl (C=O) groups excluding carboxylic acids is 1. The molecule has 2 aliphatic heterocycles. The summed E-state index contributed by atoms with van der Waals surface area (Å²) in [6.07, 6.45) is 5.10. The van der Waals surface area contributed by atoms with Crippen molar-refractivity contribution in [3.63, 3.8) is 0 Å². The van der Waals surface area contributed by atoms with Gasteiger partial charge >= 0.3 is 5.97 Å². The number of carboxylic acid groups (broad SMARTS) is 1. The van der Waals surface area contributed by atoms with Gasteiger partial charge in [-0.1, -0.05) is 12.1 Å². The Labute approximate surface area is 125 Å². The van der Waals surface area contributed by atoms with Gasteiger partial charge in [0, 0.05) is 11.9 Å². The zero-order valence-electron chi connectivity index (χ0n) is 11.0. The molecule has 1 saturated heterocycles. The van der Waals surface area contributed by atoms with Crippen molar-refractivity contribution in [2.45, 2.75) is 11.4 Å². The maximum atomic E-state index is 11.8. The monoisotopic (exact) mass is 303 g/mol. The molecule has 3 N–H and O–H groups in total. The van der Waals surface area contributed by atoms with Crippen LogP contribution in [0.2, 0.25) is 0 Å². The minimum Gasteiger partial charge on any atom is -0.477 e. The second-order valence-corrected chi connectivity index (χ2v) is 5.81. The van der Waals surface area contributed by atoms with Crippen LogP contribution in [0.4, 0.5) is 0 Å². The first-order valence-electron chi connectivity index (χ1n) is 6.35. The lowest BCUT2D eigenvalue weighted by molar-refractivity contribution is -0.147. The van der Waals surface area contributed by atoms with E-state index in [1.165, 1.54) is 16.7 Å². The minimum absolute atomic E-state index is 0.0256. The Balaban J connectivity index is 1.93. The fraction of sp³-hybridized carbons (Fsp3) is 0.214. The first-order valence-corrected chi connectivity index (χ1v) is 7.40. The third kappa shape index (κ3) is 2.34. The number of amides is 1. The van der Waals surface area contributed by atoms with Crippen molar-refractivity contribution < 1.29 is 14.7 Å². The van der Waals surface area contributed by atoms with Crippen molar-refractivity contribution in [1.82, 2.24) is 9.88 Å².